The highest BCUT2D eigenvalue weighted by molar-refractivity contribution is 7.89. The molecule has 1 amide bonds. The van der Waals surface area contributed by atoms with Crippen molar-refractivity contribution in [2.45, 2.75) is 50.6 Å². The van der Waals surface area contributed by atoms with Crippen LogP contribution < -0.4 is 0 Å². The van der Waals surface area contributed by atoms with Crippen molar-refractivity contribution in [3.05, 3.63) is 45.9 Å². The van der Waals surface area contributed by atoms with Crippen molar-refractivity contribution >= 4 is 38.3 Å². The molecule has 0 saturated heterocycles. The van der Waals surface area contributed by atoms with E-state index < -0.39 is 10.0 Å². The summed E-state index contributed by atoms with van der Waals surface area (Å²) in [6.45, 7) is 5.58. The normalized spacial score (nSPS) is 16.8. The number of benzene rings is 1. The van der Waals surface area contributed by atoms with Gasteiger partial charge in [0, 0.05) is 44.9 Å². The zero-order valence-electron chi connectivity index (χ0n) is 18.3. The number of nitrogens with zero attached hydrogens (tertiary/aromatic N) is 4. The Labute approximate surface area is 187 Å². The maximum Gasteiger partial charge on any atom is 0.242 e. The van der Waals surface area contributed by atoms with Crippen LogP contribution in [0.4, 0.5) is 0 Å². The fourth-order valence-corrected chi connectivity index (χ4v) is 6.17. The largest absolute Gasteiger partial charge is 0.336 e. The number of imidazole rings is 1. The number of aryl methyl sites for hydroxylation is 2. The molecule has 4 rings (SSSR count). The first-order chi connectivity index (χ1) is 14.7. The predicted molar refractivity (Wildman–Crippen MR) is 123 cm³/mol. The molecule has 31 heavy (non-hydrogen) atoms. The van der Waals surface area contributed by atoms with Crippen LogP contribution in [0.25, 0.3) is 11.0 Å². The lowest BCUT2D eigenvalue weighted by Crippen LogP contribution is -2.38. The van der Waals surface area contributed by atoms with Crippen LogP contribution in [-0.4, -0.2) is 53.7 Å². The molecule has 0 aliphatic carbocycles. The van der Waals surface area contributed by atoms with Gasteiger partial charge in [-0.25, -0.2) is 17.7 Å². The fraction of sp³-hybridized carbons (Fsp3) is 0.455. The molecule has 1 aromatic carbocycles. The first kappa shape index (κ1) is 22.0. The van der Waals surface area contributed by atoms with E-state index in [0.717, 1.165) is 24.3 Å². The minimum atomic E-state index is -3.52. The number of carbonyl (C=O) groups excluding carboxylic acids is 1. The van der Waals surface area contributed by atoms with Gasteiger partial charge in [-0.15, -0.1) is 11.3 Å². The number of fused-ring (bicyclic) bond motifs is 2. The number of aromatic nitrogens is 2. The van der Waals surface area contributed by atoms with Crippen LogP contribution in [0, 0.1) is 0 Å². The zero-order valence-corrected chi connectivity index (χ0v) is 20.0. The quantitative estimate of drug-likeness (QED) is 0.565. The molecule has 0 saturated carbocycles. The Morgan fingerprint density at radius 3 is 2.77 bits per heavy atom. The van der Waals surface area contributed by atoms with E-state index in [4.69, 9.17) is 4.98 Å². The molecule has 1 aliphatic rings. The number of hydrogen-bond acceptors (Lipinski definition) is 5. The lowest BCUT2D eigenvalue weighted by Gasteiger charge is -2.33. The second-order valence-electron chi connectivity index (χ2n) is 8.02. The van der Waals surface area contributed by atoms with E-state index in [9.17, 15) is 13.2 Å². The molecule has 166 valence electrons. The van der Waals surface area contributed by atoms with E-state index in [-0.39, 0.29) is 16.8 Å². The summed E-state index contributed by atoms with van der Waals surface area (Å²) in [6.07, 6.45) is 1.83. The summed E-state index contributed by atoms with van der Waals surface area (Å²) in [5, 5.41) is 2.10. The van der Waals surface area contributed by atoms with Crippen LogP contribution in [0.2, 0.25) is 0 Å². The lowest BCUT2D eigenvalue weighted by atomic mass is 10.0. The van der Waals surface area contributed by atoms with E-state index in [1.165, 1.54) is 28.8 Å². The first-order valence-electron chi connectivity index (χ1n) is 10.5. The SMILES string of the molecule is CCn1c(CCC(=O)N2CCc3sccc3C2C)nc2cc(S(=O)(=O)N(C)C)ccc21. The van der Waals surface area contributed by atoms with Gasteiger partial charge in [0.05, 0.1) is 22.0 Å². The van der Waals surface area contributed by atoms with E-state index in [1.807, 2.05) is 11.8 Å². The van der Waals surface area contributed by atoms with Gasteiger partial charge in [-0.2, -0.15) is 0 Å². The average molecular weight is 461 g/mol. The van der Waals surface area contributed by atoms with Gasteiger partial charge in [-0.1, -0.05) is 0 Å². The summed E-state index contributed by atoms with van der Waals surface area (Å²) in [5.41, 5.74) is 2.79. The molecule has 2 aromatic heterocycles. The predicted octanol–water partition coefficient (Wildman–Crippen LogP) is 3.45. The molecule has 1 atom stereocenters. The standard InChI is InChI=1S/C22H28N4O3S2/c1-5-25-19-7-6-16(31(28,29)24(3)4)14-18(19)23-21(25)8-9-22(27)26-12-10-20-17(15(26)2)11-13-30-20/h6-7,11,13-15H,5,8-10,12H2,1-4H3. The molecule has 0 bridgehead atoms. The van der Waals surface area contributed by atoms with Gasteiger partial charge >= 0.3 is 0 Å². The molecule has 0 N–H and O–H groups in total. The summed E-state index contributed by atoms with van der Waals surface area (Å²) in [5.74, 6) is 0.945. The van der Waals surface area contributed by atoms with Crippen molar-refractivity contribution in [3.63, 3.8) is 0 Å². The molecular weight excluding hydrogens is 432 g/mol. The Morgan fingerprint density at radius 1 is 1.29 bits per heavy atom. The first-order valence-corrected chi connectivity index (χ1v) is 12.8. The Balaban J connectivity index is 1.55. The van der Waals surface area contributed by atoms with Gasteiger partial charge in [-0.05, 0) is 55.5 Å². The number of amides is 1. The lowest BCUT2D eigenvalue weighted by molar-refractivity contribution is -0.133. The number of hydrogen-bond donors (Lipinski definition) is 0. The third-order valence-electron chi connectivity index (χ3n) is 6.05. The molecule has 3 aromatic rings. The Kier molecular flexibility index (Phi) is 5.93. The summed E-state index contributed by atoms with van der Waals surface area (Å²) >= 11 is 1.77. The second-order valence-corrected chi connectivity index (χ2v) is 11.2. The van der Waals surface area contributed by atoms with Crippen LogP contribution >= 0.6 is 11.3 Å². The highest BCUT2D eigenvalue weighted by Crippen LogP contribution is 2.33. The summed E-state index contributed by atoms with van der Waals surface area (Å²) in [6, 6.07) is 7.27. The zero-order chi connectivity index (χ0) is 22.3. The third kappa shape index (κ3) is 3.90. The van der Waals surface area contributed by atoms with Crippen LogP contribution in [0.15, 0.2) is 34.5 Å². The maximum absolute atomic E-state index is 13.0. The van der Waals surface area contributed by atoms with Crippen molar-refractivity contribution in [1.82, 2.24) is 18.8 Å². The monoisotopic (exact) mass is 460 g/mol. The van der Waals surface area contributed by atoms with Gasteiger partial charge in [0.25, 0.3) is 0 Å². The molecular formula is C22H28N4O3S2. The molecule has 0 fully saturated rings. The smallest absolute Gasteiger partial charge is 0.242 e. The summed E-state index contributed by atoms with van der Waals surface area (Å²) in [7, 11) is -0.489. The van der Waals surface area contributed by atoms with Crippen LogP contribution in [-0.2, 0) is 34.2 Å². The number of sulfonamides is 1. The van der Waals surface area contributed by atoms with Gasteiger partial charge in [0.2, 0.25) is 15.9 Å². The molecule has 0 radical (unpaired) electrons. The van der Waals surface area contributed by atoms with Crippen LogP contribution in [0.1, 0.15) is 42.6 Å². The number of carbonyl (C=O) groups is 1. The van der Waals surface area contributed by atoms with E-state index in [2.05, 4.69) is 22.9 Å². The van der Waals surface area contributed by atoms with Crippen molar-refractivity contribution < 1.29 is 13.2 Å². The van der Waals surface area contributed by atoms with E-state index in [0.29, 0.717) is 24.9 Å². The molecule has 3 heterocycles. The maximum atomic E-state index is 13.0. The highest BCUT2D eigenvalue weighted by Gasteiger charge is 2.28. The van der Waals surface area contributed by atoms with Crippen molar-refractivity contribution in [1.29, 1.82) is 0 Å². The van der Waals surface area contributed by atoms with Crippen LogP contribution in [0.5, 0.6) is 0 Å². The summed E-state index contributed by atoms with van der Waals surface area (Å²) < 4.78 is 28.2. The van der Waals surface area contributed by atoms with Gasteiger partial charge in [0.15, 0.2) is 0 Å². The number of thiophene rings is 1. The van der Waals surface area contributed by atoms with Crippen LogP contribution in [0.3, 0.4) is 0 Å². The third-order valence-corrected chi connectivity index (χ3v) is 8.86. The highest BCUT2D eigenvalue weighted by atomic mass is 32.2. The Morgan fingerprint density at radius 2 is 2.06 bits per heavy atom. The van der Waals surface area contributed by atoms with Gasteiger partial charge < -0.3 is 9.47 Å². The fourth-order valence-electron chi connectivity index (χ4n) is 4.29. The van der Waals surface area contributed by atoms with E-state index >= 15 is 0 Å². The Bertz CT molecular complexity index is 1230. The van der Waals surface area contributed by atoms with Gasteiger partial charge in [0.1, 0.15) is 5.82 Å². The minimum absolute atomic E-state index is 0.103. The van der Waals surface area contributed by atoms with E-state index in [1.54, 1.807) is 29.5 Å². The molecule has 7 nitrogen and oxygen atoms in total. The van der Waals surface area contributed by atoms with Gasteiger partial charge in [-0.3, -0.25) is 4.79 Å². The number of rotatable bonds is 6. The van der Waals surface area contributed by atoms with Crippen molar-refractivity contribution in [2.75, 3.05) is 20.6 Å². The average Bonchev–Trinajstić information content (AvgIpc) is 3.36. The Hall–Kier alpha value is -2.23. The topological polar surface area (TPSA) is 75.5 Å². The second kappa shape index (κ2) is 8.37. The van der Waals surface area contributed by atoms with Crippen molar-refractivity contribution in [3.8, 4) is 0 Å². The minimum Gasteiger partial charge on any atom is -0.336 e. The molecule has 1 unspecified atom stereocenters. The van der Waals surface area contributed by atoms with Crippen molar-refractivity contribution in [2.24, 2.45) is 0 Å². The summed E-state index contributed by atoms with van der Waals surface area (Å²) in [4.78, 5) is 21.3. The molecule has 9 heteroatoms. The molecule has 0 spiro atoms. The molecule has 1 aliphatic heterocycles.